The maximum atomic E-state index is 12.6. The molecule has 0 saturated carbocycles. The van der Waals surface area contributed by atoms with Gasteiger partial charge in [-0.1, -0.05) is 29.8 Å². The molecule has 0 atom stereocenters. The van der Waals surface area contributed by atoms with Crippen LogP contribution in [0, 0.1) is 0 Å². The number of nitrogens with zero attached hydrogens (tertiary/aromatic N) is 5. The minimum Gasteiger partial charge on any atom is -0.368 e. The van der Waals surface area contributed by atoms with Crippen molar-refractivity contribution in [1.82, 2.24) is 19.7 Å². The number of hydrogen-bond donors (Lipinski definition) is 1. The van der Waals surface area contributed by atoms with Crippen LogP contribution in [0.2, 0.25) is 5.02 Å². The van der Waals surface area contributed by atoms with E-state index in [9.17, 15) is 4.79 Å². The molecule has 2 aromatic rings. The zero-order valence-corrected chi connectivity index (χ0v) is 21.5. The largest absolute Gasteiger partial charge is 0.368 e. The molecule has 1 fully saturated rings. The highest BCUT2D eigenvalue weighted by Gasteiger charge is 2.21. The number of benzene rings is 1. The number of aromatic nitrogens is 1. The van der Waals surface area contributed by atoms with Gasteiger partial charge >= 0.3 is 0 Å². The first kappa shape index (κ1) is 25.3. The van der Waals surface area contributed by atoms with Crippen LogP contribution < -0.4 is 10.2 Å². The molecule has 170 valence electrons. The molecule has 0 bridgehead atoms. The highest BCUT2D eigenvalue weighted by molar-refractivity contribution is 14.0. The topological polar surface area (TPSA) is 56.1 Å². The Morgan fingerprint density at radius 3 is 2.45 bits per heavy atom. The number of nitrogens with one attached hydrogen (secondary N) is 1. The first-order chi connectivity index (χ1) is 14.5. The summed E-state index contributed by atoms with van der Waals surface area (Å²) in [5.41, 5.74) is 2.32. The summed E-state index contributed by atoms with van der Waals surface area (Å²) in [7, 11) is 5.70. The molecule has 3 rings (SSSR count). The number of hydrogen-bond acceptors (Lipinski definition) is 3. The molecule has 2 heterocycles. The van der Waals surface area contributed by atoms with E-state index in [0.29, 0.717) is 19.5 Å². The summed E-state index contributed by atoms with van der Waals surface area (Å²) in [6.07, 6.45) is 2.34. The van der Waals surface area contributed by atoms with Crippen LogP contribution >= 0.6 is 35.6 Å². The van der Waals surface area contributed by atoms with E-state index >= 15 is 0 Å². The van der Waals surface area contributed by atoms with E-state index in [2.05, 4.69) is 39.5 Å². The monoisotopic (exact) mass is 558 g/mol. The number of aryl methyl sites for hydroxylation is 1. The number of rotatable bonds is 6. The lowest BCUT2D eigenvalue weighted by Gasteiger charge is -2.36. The average molecular weight is 559 g/mol. The van der Waals surface area contributed by atoms with Gasteiger partial charge in [-0.3, -0.25) is 9.79 Å². The van der Waals surface area contributed by atoms with E-state index in [1.807, 2.05) is 46.8 Å². The third kappa shape index (κ3) is 7.03. The third-order valence-electron chi connectivity index (χ3n) is 5.42. The molecule has 31 heavy (non-hydrogen) atoms. The summed E-state index contributed by atoms with van der Waals surface area (Å²) in [6, 6.07) is 12.3. The lowest BCUT2D eigenvalue weighted by molar-refractivity contribution is -0.131. The number of halogens is 2. The first-order valence-corrected chi connectivity index (χ1v) is 10.7. The van der Waals surface area contributed by atoms with Gasteiger partial charge in [-0.2, -0.15) is 0 Å². The maximum absolute atomic E-state index is 12.6. The lowest BCUT2D eigenvalue weighted by Crippen LogP contribution is -2.49. The Morgan fingerprint density at radius 2 is 1.87 bits per heavy atom. The molecule has 9 heteroatoms. The second-order valence-corrected chi connectivity index (χ2v) is 7.98. The number of anilines is 1. The van der Waals surface area contributed by atoms with Crippen molar-refractivity contribution >= 4 is 53.1 Å². The van der Waals surface area contributed by atoms with Crippen molar-refractivity contribution in [1.29, 1.82) is 0 Å². The van der Waals surface area contributed by atoms with Gasteiger partial charge in [0.05, 0.1) is 11.6 Å². The molecule has 7 nitrogen and oxygen atoms in total. The van der Waals surface area contributed by atoms with Crippen molar-refractivity contribution in [2.45, 2.75) is 13.0 Å². The molecular weight excluding hydrogens is 527 g/mol. The van der Waals surface area contributed by atoms with Crippen molar-refractivity contribution in [3.8, 4) is 0 Å². The molecule has 1 N–H and O–H groups in total. The number of carbonyl (C=O) groups excluding carboxylic acids is 1. The van der Waals surface area contributed by atoms with Crippen LogP contribution in [0.15, 0.2) is 47.6 Å². The maximum Gasteiger partial charge on any atom is 0.224 e. The number of carbonyl (C=O) groups is 1. The van der Waals surface area contributed by atoms with Crippen LogP contribution in [0.5, 0.6) is 0 Å². The van der Waals surface area contributed by atoms with Gasteiger partial charge < -0.3 is 24.6 Å². The fraction of sp³-hybridized carbons (Fsp3) is 0.455. The predicted octanol–water partition coefficient (Wildman–Crippen LogP) is 3.04. The van der Waals surface area contributed by atoms with Crippen molar-refractivity contribution in [2.75, 3.05) is 51.7 Å². The standard InChI is InChI=1S/C22H31ClN6O.HI/c1-24-22(27(3)17-20-15-18(23)16-26(20)2)25-10-9-21(30)29-13-11-28(12-14-29)19-7-5-4-6-8-19;/h4-8,15-16H,9-14,17H2,1-3H3,(H,24,25);1H. The second-order valence-electron chi connectivity index (χ2n) is 7.54. The molecule has 0 spiro atoms. The minimum absolute atomic E-state index is 0. The number of piperazine rings is 1. The molecule has 1 saturated heterocycles. The Hall–Kier alpha value is -1.94. The molecule has 1 aliphatic rings. The Morgan fingerprint density at radius 1 is 1.19 bits per heavy atom. The zero-order chi connectivity index (χ0) is 21.5. The number of guanidine groups is 1. The second kappa shape index (κ2) is 12.2. The van der Waals surface area contributed by atoms with Crippen molar-refractivity contribution in [3.05, 3.63) is 53.3 Å². The smallest absolute Gasteiger partial charge is 0.224 e. The van der Waals surface area contributed by atoms with Crippen LogP contribution in [0.3, 0.4) is 0 Å². The number of para-hydroxylation sites is 1. The van der Waals surface area contributed by atoms with E-state index < -0.39 is 0 Å². The summed E-state index contributed by atoms with van der Waals surface area (Å²) in [5.74, 6) is 0.941. The predicted molar refractivity (Wildman–Crippen MR) is 139 cm³/mol. The summed E-state index contributed by atoms with van der Waals surface area (Å²) >= 11 is 6.07. The van der Waals surface area contributed by atoms with Crippen LogP contribution in [0.1, 0.15) is 12.1 Å². The molecule has 0 radical (unpaired) electrons. The summed E-state index contributed by atoms with van der Waals surface area (Å²) in [4.78, 5) is 23.3. The Kier molecular flexibility index (Phi) is 9.95. The Labute approximate surface area is 207 Å². The molecule has 1 aromatic heterocycles. The van der Waals surface area contributed by atoms with Crippen LogP contribution in [0.4, 0.5) is 5.69 Å². The Bertz CT molecular complexity index is 864. The quantitative estimate of drug-likeness (QED) is 0.337. The van der Waals surface area contributed by atoms with Gasteiger partial charge in [0.15, 0.2) is 5.96 Å². The molecule has 1 aliphatic heterocycles. The molecule has 1 aromatic carbocycles. The summed E-state index contributed by atoms with van der Waals surface area (Å²) in [6.45, 7) is 4.49. The molecule has 0 aliphatic carbocycles. The SMILES string of the molecule is CN=C(NCCC(=O)N1CCN(c2ccccc2)CC1)N(C)Cc1cc(Cl)cn1C.I. The molecular formula is C22H32ClIN6O. The van der Waals surface area contributed by atoms with Crippen LogP contribution in [-0.4, -0.2) is 73.1 Å². The zero-order valence-electron chi connectivity index (χ0n) is 18.4. The van der Waals surface area contributed by atoms with E-state index in [0.717, 1.165) is 42.9 Å². The van der Waals surface area contributed by atoms with Gasteiger partial charge in [-0.15, -0.1) is 24.0 Å². The summed E-state index contributed by atoms with van der Waals surface area (Å²) in [5, 5.41) is 4.02. The van der Waals surface area contributed by atoms with Gasteiger partial charge in [-0.05, 0) is 18.2 Å². The van der Waals surface area contributed by atoms with E-state index in [4.69, 9.17) is 11.6 Å². The van der Waals surface area contributed by atoms with Crippen molar-refractivity contribution < 1.29 is 4.79 Å². The van der Waals surface area contributed by atoms with E-state index in [1.165, 1.54) is 5.69 Å². The number of amides is 1. The van der Waals surface area contributed by atoms with Gasteiger partial charge in [0.2, 0.25) is 5.91 Å². The van der Waals surface area contributed by atoms with Gasteiger partial charge in [0.1, 0.15) is 0 Å². The molecule has 1 amide bonds. The third-order valence-corrected chi connectivity index (χ3v) is 5.63. The van der Waals surface area contributed by atoms with Crippen molar-refractivity contribution in [2.24, 2.45) is 12.0 Å². The van der Waals surface area contributed by atoms with Gasteiger partial charge in [0, 0.05) is 77.9 Å². The first-order valence-electron chi connectivity index (χ1n) is 10.3. The lowest BCUT2D eigenvalue weighted by atomic mass is 10.2. The van der Waals surface area contributed by atoms with Crippen LogP contribution in [0.25, 0.3) is 0 Å². The van der Waals surface area contributed by atoms with Gasteiger partial charge in [0.25, 0.3) is 0 Å². The molecule has 0 unspecified atom stereocenters. The fourth-order valence-corrected chi connectivity index (χ4v) is 3.99. The highest BCUT2D eigenvalue weighted by atomic mass is 127. The van der Waals surface area contributed by atoms with Crippen molar-refractivity contribution in [3.63, 3.8) is 0 Å². The van der Waals surface area contributed by atoms with Crippen LogP contribution in [-0.2, 0) is 18.4 Å². The Balaban J connectivity index is 0.00000341. The van der Waals surface area contributed by atoms with E-state index in [1.54, 1.807) is 7.05 Å². The average Bonchev–Trinajstić information content (AvgIpc) is 3.08. The van der Waals surface area contributed by atoms with Gasteiger partial charge in [-0.25, -0.2) is 0 Å². The fourth-order valence-electron chi connectivity index (χ4n) is 3.72. The minimum atomic E-state index is 0. The normalized spacial score (nSPS) is 14.3. The van der Waals surface area contributed by atoms with E-state index in [-0.39, 0.29) is 29.9 Å². The summed E-state index contributed by atoms with van der Waals surface area (Å²) < 4.78 is 2.00. The number of aliphatic imine (C=N–C) groups is 1. The highest BCUT2D eigenvalue weighted by Crippen LogP contribution is 2.16.